The second kappa shape index (κ2) is 11.7. The van der Waals surface area contributed by atoms with Crippen LogP contribution >= 0.6 is 0 Å². The Morgan fingerprint density at radius 2 is 0.854 bits per heavy atom. The number of nitrogens with zero attached hydrogens (tertiary/aromatic N) is 3. The van der Waals surface area contributed by atoms with E-state index in [2.05, 4.69) is 107 Å². The average molecular weight is 622 g/mol. The maximum atomic E-state index is 5.04. The van der Waals surface area contributed by atoms with Crippen LogP contribution < -0.4 is 0 Å². The lowest BCUT2D eigenvalue weighted by molar-refractivity contribution is 0.332. The van der Waals surface area contributed by atoms with E-state index in [9.17, 15) is 0 Å². The third-order valence-corrected chi connectivity index (χ3v) is 10.2. The van der Waals surface area contributed by atoms with Crippen LogP contribution in [0.2, 0.25) is 0 Å². The summed E-state index contributed by atoms with van der Waals surface area (Å²) in [6.45, 7) is 9.57. The first-order valence-corrected chi connectivity index (χ1v) is 16.9. The summed E-state index contributed by atoms with van der Waals surface area (Å²) in [5.74, 6) is 1.99. The standard InChI is InChI=1S/C45H39N3/c1-44(2)26-27-45(3,4)40-29-33(24-25-39(40)44)32-18-11-19-34(28-32)35-20-12-22-37-36(35)21-13-23-38(37)43-47-41(30-14-7-5-8-15-30)46-42(48-43)31-16-9-6-10-17-31/h5-25,28-29H,26-27H2,1-4H3. The van der Waals surface area contributed by atoms with Gasteiger partial charge in [0, 0.05) is 16.7 Å². The van der Waals surface area contributed by atoms with E-state index in [0.717, 1.165) is 22.1 Å². The lowest BCUT2D eigenvalue weighted by Crippen LogP contribution is -2.33. The minimum Gasteiger partial charge on any atom is -0.208 e. The maximum Gasteiger partial charge on any atom is 0.164 e. The van der Waals surface area contributed by atoms with Crippen molar-refractivity contribution in [2.75, 3.05) is 0 Å². The quantitative estimate of drug-likeness (QED) is 0.192. The minimum atomic E-state index is 0.167. The molecule has 1 heterocycles. The summed E-state index contributed by atoms with van der Waals surface area (Å²) in [5.41, 5.74) is 11.2. The van der Waals surface area contributed by atoms with Crippen molar-refractivity contribution in [1.82, 2.24) is 15.0 Å². The van der Waals surface area contributed by atoms with Crippen LogP contribution in [0.4, 0.5) is 0 Å². The Kier molecular flexibility index (Phi) is 7.29. The largest absolute Gasteiger partial charge is 0.208 e. The first kappa shape index (κ1) is 30.0. The Labute approximate surface area is 283 Å². The highest BCUT2D eigenvalue weighted by Gasteiger charge is 2.37. The average Bonchev–Trinajstić information content (AvgIpc) is 3.13. The molecule has 1 aliphatic rings. The summed E-state index contributed by atoms with van der Waals surface area (Å²) >= 11 is 0. The molecule has 0 atom stereocenters. The number of fused-ring (bicyclic) bond motifs is 2. The summed E-state index contributed by atoms with van der Waals surface area (Å²) in [6.07, 6.45) is 2.42. The van der Waals surface area contributed by atoms with Crippen LogP contribution in [-0.4, -0.2) is 15.0 Å². The predicted octanol–water partition coefficient (Wildman–Crippen LogP) is 11.7. The molecular formula is C45H39N3. The molecule has 1 aromatic heterocycles. The molecule has 3 heteroatoms. The van der Waals surface area contributed by atoms with Gasteiger partial charge in [-0.25, -0.2) is 15.0 Å². The summed E-state index contributed by atoms with van der Waals surface area (Å²) in [7, 11) is 0. The van der Waals surface area contributed by atoms with E-state index in [1.165, 1.54) is 51.6 Å². The van der Waals surface area contributed by atoms with Gasteiger partial charge in [0.1, 0.15) is 0 Å². The predicted molar refractivity (Wildman–Crippen MR) is 200 cm³/mol. The molecule has 8 rings (SSSR count). The highest BCUT2D eigenvalue weighted by atomic mass is 15.0. The lowest BCUT2D eigenvalue weighted by atomic mass is 9.63. The van der Waals surface area contributed by atoms with Crippen LogP contribution in [0, 0.1) is 0 Å². The number of benzene rings is 6. The van der Waals surface area contributed by atoms with E-state index in [-0.39, 0.29) is 10.8 Å². The van der Waals surface area contributed by atoms with E-state index in [1.807, 2.05) is 60.7 Å². The minimum absolute atomic E-state index is 0.167. The van der Waals surface area contributed by atoms with Gasteiger partial charge in [-0.2, -0.15) is 0 Å². The van der Waals surface area contributed by atoms with Crippen LogP contribution in [0.5, 0.6) is 0 Å². The number of rotatable bonds is 5. The second-order valence-corrected chi connectivity index (χ2v) is 14.4. The second-order valence-electron chi connectivity index (χ2n) is 14.4. The first-order valence-electron chi connectivity index (χ1n) is 16.9. The van der Waals surface area contributed by atoms with Gasteiger partial charge in [-0.15, -0.1) is 0 Å². The zero-order chi connectivity index (χ0) is 32.9. The third-order valence-electron chi connectivity index (χ3n) is 10.2. The van der Waals surface area contributed by atoms with Gasteiger partial charge in [0.25, 0.3) is 0 Å². The first-order chi connectivity index (χ1) is 23.3. The van der Waals surface area contributed by atoms with Crippen LogP contribution in [-0.2, 0) is 10.8 Å². The fraction of sp³-hybridized carbons (Fsp3) is 0.178. The molecule has 1 aliphatic carbocycles. The molecular weight excluding hydrogens is 583 g/mol. The molecule has 0 unspecified atom stereocenters. The van der Waals surface area contributed by atoms with Crippen molar-refractivity contribution in [3.63, 3.8) is 0 Å². The number of hydrogen-bond acceptors (Lipinski definition) is 3. The van der Waals surface area contributed by atoms with Gasteiger partial charge in [-0.3, -0.25) is 0 Å². The maximum absolute atomic E-state index is 5.04. The van der Waals surface area contributed by atoms with Crippen LogP contribution in [0.25, 0.3) is 67.2 Å². The van der Waals surface area contributed by atoms with Crippen LogP contribution in [0.3, 0.4) is 0 Å². The SMILES string of the molecule is CC1(C)CCC(C)(C)c2cc(-c3cccc(-c4cccc5c(-c6nc(-c7ccccc7)nc(-c7ccccc7)n6)cccc45)c3)ccc21. The molecule has 0 bridgehead atoms. The van der Waals surface area contributed by atoms with E-state index < -0.39 is 0 Å². The third kappa shape index (κ3) is 5.40. The van der Waals surface area contributed by atoms with Crippen molar-refractivity contribution >= 4 is 10.8 Å². The van der Waals surface area contributed by atoms with Crippen molar-refractivity contribution in [2.45, 2.75) is 51.4 Å². The van der Waals surface area contributed by atoms with E-state index in [1.54, 1.807) is 0 Å². The summed E-state index contributed by atoms with van der Waals surface area (Å²) in [4.78, 5) is 15.0. The molecule has 0 saturated carbocycles. The van der Waals surface area contributed by atoms with Gasteiger partial charge in [0.15, 0.2) is 17.5 Å². The molecule has 234 valence electrons. The summed E-state index contributed by atoms with van der Waals surface area (Å²) in [6, 6.07) is 49.4. The van der Waals surface area contributed by atoms with E-state index in [4.69, 9.17) is 15.0 Å². The van der Waals surface area contributed by atoms with E-state index >= 15 is 0 Å². The van der Waals surface area contributed by atoms with E-state index in [0.29, 0.717) is 17.5 Å². The van der Waals surface area contributed by atoms with Gasteiger partial charge in [-0.05, 0) is 73.9 Å². The van der Waals surface area contributed by atoms with Gasteiger partial charge < -0.3 is 0 Å². The Hall–Kier alpha value is -5.41. The summed E-state index contributed by atoms with van der Waals surface area (Å²) in [5, 5.41) is 2.28. The van der Waals surface area contributed by atoms with Gasteiger partial charge in [-0.1, -0.05) is 161 Å². The van der Waals surface area contributed by atoms with Gasteiger partial charge in [0.05, 0.1) is 0 Å². The Morgan fingerprint density at radius 1 is 0.375 bits per heavy atom. The molecule has 0 spiro atoms. The number of hydrogen-bond donors (Lipinski definition) is 0. The molecule has 6 aromatic carbocycles. The molecule has 0 radical (unpaired) electrons. The fourth-order valence-electron chi connectivity index (χ4n) is 7.32. The molecule has 3 nitrogen and oxygen atoms in total. The van der Waals surface area contributed by atoms with Crippen molar-refractivity contribution in [1.29, 1.82) is 0 Å². The molecule has 0 N–H and O–H groups in total. The molecule has 0 saturated heterocycles. The fourth-order valence-corrected chi connectivity index (χ4v) is 7.32. The Morgan fingerprint density at radius 3 is 1.50 bits per heavy atom. The summed E-state index contributed by atoms with van der Waals surface area (Å²) < 4.78 is 0. The highest BCUT2D eigenvalue weighted by Crippen LogP contribution is 2.47. The van der Waals surface area contributed by atoms with Gasteiger partial charge >= 0.3 is 0 Å². The smallest absolute Gasteiger partial charge is 0.164 e. The molecule has 7 aromatic rings. The lowest BCUT2D eigenvalue weighted by Gasteiger charge is -2.42. The zero-order valence-electron chi connectivity index (χ0n) is 28.0. The Bertz CT molecular complexity index is 2230. The van der Waals surface area contributed by atoms with Crippen molar-refractivity contribution in [2.24, 2.45) is 0 Å². The molecule has 0 fully saturated rings. The molecule has 0 aliphatic heterocycles. The number of aromatic nitrogens is 3. The van der Waals surface area contributed by atoms with Crippen LogP contribution in [0.1, 0.15) is 51.7 Å². The van der Waals surface area contributed by atoms with Crippen LogP contribution in [0.15, 0.2) is 140 Å². The zero-order valence-corrected chi connectivity index (χ0v) is 28.0. The highest BCUT2D eigenvalue weighted by molar-refractivity contribution is 6.04. The Balaban J connectivity index is 1.25. The van der Waals surface area contributed by atoms with Crippen molar-refractivity contribution in [3.8, 4) is 56.4 Å². The molecule has 48 heavy (non-hydrogen) atoms. The van der Waals surface area contributed by atoms with Gasteiger partial charge in [0.2, 0.25) is 0 Å². The topological polar surface area (TPSA) is 38.7 Å². The normalized spacial score (nSPS) is 14.8. The van der Waals surface area contributed by atoms with Crippen molar-refractivity contribution < 1.29 is 0 Å². The molecule has 0 amide bonds. The van der Waals surface area contributed by atoms with Crippen molar-refractivity contribution in [3.05, 3.63) is 151 Å². The monoisotopic (exact) mass is 621 g/mol.